The van der Waals surface area contributed by atoms with Crippen LogP contribution in [0.3, 0.4) is 0 Å². The molecule has 156 valence electrons. The molecule has 1 unspecified atom stereocenters. The van der Waals surface area contributed by atoms with Crippen molar-refractivity contribution in [3.63, 3.8) is 0 Å². The molecular formula is C22H26F2N2O3. The molecule has 1 saturated heterocycles. The van der Waals surface area contributed by atoms with Crippen molar-refractivity contribution in [3.05, 3.63) is 53.6 Å². The number of halogens is 2. The van der Waals surface area contributed by atoms with Gasteiger partial charge in [0.15, 0.2) is 11.6 Å². The van der Waals surface area contributed by atoms with Crippen LogP contribution in [0, 0.1) is 11.6 Å². The first-order valence-corrected chi connectivity index (χ1v) is 9.69. The standard InChI is InChI=1S/C22H26F2N2O3/c1-4-25(15-7-9-18(23)19(24)12-15)14-22(27)26-11-5-6-20(26)17-13-16(28-2)8-10-21(17)29-3/h7-10,12-13,20H,4-6,11,14H2,1-3H3. The van der Waals surface area contributed by atoms with Gasteiger partial charge in [0, 0.05) is 30.4 Å². The van der Waals surface area contributed by atoms with Crippen molar-refractivity contribution >= 4 is 11.6 Å². The largest absolute Gasteiger partial charge is 0.497 e. The lowest BCUT2D eigenvalue weighted by Crippen LogP contribution is -2.40. The minimum absolute atomic E-state index is 0.0658. The van der Waals surface area contributed by atoms with Crippen molar-refractivity contribution in [1.29, 1.82) is 0 Å². The van der Waals surface area contributed by atoms with Gasteiger partial charge >= 0.3 is 0 Å². The molecule has 0 bridgehead atoms. The molecule has 29 heavy (non-hydrogen) atoms. The van der Waals surface area contributed by atoms with E-state index in [4.69, 9.17) is 9.47 Å². The van der Waals surface area contributed by atoms with Gasteiger partial charge in [-0.1, -0.05) is 0 Å². The summed E-state index contributed by atoms with van der Waals surface area (Å²) >= 11 is 0. The number of likely N-dealkylation sites (N-methyl/N-ethyl adjacent to an activating group) is 1. The summed E-state index contributed by atoms with van der Waals surface area (Å²) in [7, 11) is 3.21. The number of benzene rings is 2. The number of amides is 1. The van der Waals surface area contributed by atoms with Crippen LogP contribution in [-0.4, -0.2) is 44.7 Å². The van der Waals surface area contributed by atoms with E-state index in [1.807, 2.05) is 30.0 Å². The van der Waals surface area contributed by atoms with Crippen LogP contribution < -0.4 is 14.4 Å². The van der Waals surface area contributed by atoms with Gasteiger partial charge in [-0.05, 0) is 50.1 Å². The molecule has 3 rings (SSSR count). The molecule has 1 heterocycles. The smallest absolute Gasteiger partial charge is 0.242 e. The first kappa shape index (κ1) is 20.9. The Hall–Kier alpha value is -2.83. The Morgan fingerprint density at radius 2 is 1.93 bits per heavy atom. The Morgan fingerprint density at radius 3 is 2.59 bits per heavy atom. The van der Waals surface area contributed by atoms with Gasteiger partial charge in [-0.2, -0.15) is 0 Å². The second-order valence-electron chi connectivity index (χ2n) is 6.97. The van der Waals surface area contributed by atoms with Crippen LogP contribution in [0.5, 0.6) is 11.5 Å². The molecule has 1 aliphatic rings. The van der Waals surface area contributed by atoms with Gasteiger partial charge in [0.1, 0.15) is 11.5 Å². The fourth-order valence-electron chi connectivity index (χ4n) is 3.81. The second-order valence-corrected chi connectivity index (χ2v) is 6.97. The number of carbonyl (C=O) groups is 1. The summed E-state index contributed by atoms with van der Waals surface area (Å²) < 4.78 is 37.7. The first-order valence-electron chi connectivity index (χ1n) is 9.69. The summed E-state index contributed by atoms with van der Waals surface area (Å²) in [5.74, 6) is -0.473. The molecule has 0 aliphatic carbocycles. The van der Waals surface area contributed by atoms with Crippen LogP contribution in [0.1, 0.15) is 31.4 Å². The summed E-state index contributed by atoms with van der Waals surface area (Å²) in [6, 6.07) is 9.15. The van der Waals surface area contributed by atoms with Crippen LogP contribution in [0.15, 0.2) is 36.4 Å². The van der Waals surface area contributed by atoms with Crippen molar-refractivity contribution in [1.82, 2.24) is 4.90 Å². The number of methoxy groups -OCH3 is 2. The molecule has 7 heteroatoms. The molecule has 0 radical (unpaired) electrons. The third kappa shape index (κ3) is 4.44. The van der Waals surface area contributed by atoms with Crippen molar-refractivity contribution in [2.45, 2.75) is 25.8 Å². The van der Waals surface area contributed by atoms with Crippen molar-refractivity contribution in [3.8, 4) is 11.5 Å². The monoisotopic (exact) mass is 404 g/mol. The van der Waals surface area contributed by atoms with E-state index in [0.717, 1.165) is 30.5 Å². The lowest BCUT2D eigenvalue weighted by Gasteiger charge is -2.30. The summed E-state index contributed by atoms with van der Waals surface area (Å²) in [4.78, 5) is 16.7. The minimum Gasteiger partial charge on any atom is -0.497 e. The molecule has 0 spiro atoms. The first-order chi connectivity index (χ1) is 14.0. The molecule has 0 saturated carbocycles. The van der Waals surface area contributed by atoms with Gasteiger partial charge in [-0.3, -0.25) is 4.79 Å². The van der Waals surface area contributed by atoms with Crippen LogP contribution in [0.25, 0.3) is 0 Å². The Kier molecular flexibility index (Phi) is 6.56. The topological polar surface area (TPSA) is 42.0 Å². The number of hydrogen-bond donors (Lipinski definition) is 0. The number of carbonyl (C=O) groups excluding carboxylic acids is 1. The van der Waals surface area contributed by atoms with E-state index in [0.29, 0.717) is 30.3 Å². The zero-order valence-corrected chi connectivity index (χ0v) is 17.0. The Balaban J connectivity index is 1.81. The van der Waals surface area contributed by atoms with E-state index in [1.165, 1.54) is 6.07 Å². The highest BCUT2D eigenvalue weighted by Gasteiger charge is 2.32. The maximum atomic E-state index is 13.6. The average molecular weight is 404 g/mol. The summed E-state index contributed by atoms with van der Waals surface area (Å²) in [6.45, 7) is 3.10. The SMILES string of the molecule is CCN(CC(=O)N1CCCC1c1cc(OC)ccc1OC)c1ccc(F)c(F)c1. The highest BCUT2D eigenvalue weighted by Crippen LogP contribution is 2.39. The van der Waals surface area contributed by atoms with E-state index < -0.39 is 11.6 Å². The third-order valence-corrected chi connectivity index (χ3v) is 5.35. The van der Waals surface area contributed by atoms with E-state index >= 15 is 0 Å². The van der Waals surface area contributed by atoms with E-state index in [-0.39, 0.29) is 18.5 Å². The lowest BCUT2D eigenvalue weighted by molar-refractivity contribution is -0.130. The predicted octanol–water partition coefficient (Wildman–Crippen LogP) is 4.17. The second kappa shape index (κ2) is 9.11. The molecule has 1 fully saturated rings. The molecule has 0 N–H and O–H groups in total. The molecule has 5 nitrogen and oxygen atoms in total. The maximum absolute atomic E-state index is 13.6. The van der Waals surface area contributed by atoms with Crippen molar-refractivity contribution < 1.29 is 23.0 Å². The number of rotatable bonds is 7. The number of ether oxygens (including phenoxy) is 2. The number of anilines is 1. The molecule has 2 aromatic carbocycles. The van der Waals surface area contributed by atoms with Crippen LogP contribution in [-0.2, 0) is 4.79 Å². The summed E-state index contributed by atoms with van der Waals surface area (Å²) in [6.07, 6.45) is 1.71. The molecular weight excluding hydrogens is 378 g/mol. The minimum atomic E-state index is -0.923. The van der Waals surface area contributed by atoms with Gasteiger partial charge in [-0.15, -0.1) is 0 Å². The third-order valence-electron chi connectivity index (χ3n) is 5.35. The van der Waals surface area contributed by atoms with Crippen LogP contribution in [0.2, 0.25) is 0 Å². The molecule has 0 aromatic heterocycles. The van der Waals surface area contributed by atoms with Gasteiger partial charge in [0.25, 0.3) is 0 Å². The van der Waals surface area contributed by atoms with Gasteiger partial charge in [0.05, 0.1) is 26.8 Å². The normalized spacial score (nSPS) is 16.0. The number of hydrogen-bond acceptors (Lipinski definition) is 4. The quantitative estimate of drug-likeness (QED) is 0.695. The van der Waals surface area contributed by atoms with E-state index in [9.17, 15) is 13.6 Å². The Labute approximate surface area is 169 Å². The fraction of sp³-hybridized carbons (Fsp3) is 0.409. The number of nitrogens with zero attached hydrogens (tertiary/aromatic N) is 2. The fourth-order valence-corrected chi connectivity index (χ4v) is 3.81. The van der Waals surface area contributed by atoms with Crippen LogP contribution in [0.4, 0.5) is 14.5 Å². The zero-order valence-electron chi connectivity index (χ0n) is 17.0. The van der Waals surface area contributed by atoms with Gasteiger partial charge in [-0.25, -0.2) is 8.78 Å². The van der Waals surface area contributed by atoms with Crippen molar-refractivity contribution in [2.75, 3.05) is 38.8 Å². The average Bonchev–Trinajstić information content (AvgIpc) is 3.23. The molecule has 1 aliphatic heterocycles. The Morgan fingerprint density at radius 1 is 1.14 bits per heavy atom. The molecule has 1 amide bonds. The predicted molar refractivity (Wildman–Crippen MR) is 107 cm³/mol. The Bertz CT molecular complexity index is 875. The lowest BCUT2D eigenvalue weighted by atomic mass is 10.0. The van der Waals surface area contributed by atoms with E-state index in [2.05, 4.69) is 0 Å². The van der Waals surface area contributed by atoms with Crippen LogP contribution >= 0.6 is 0 Å². The highest BCUT2D eigenvalue weighted by molar-refractivity contribution is 5.82. The molecule has 1 atom stereocenters. The van der Waals surface area contributed by atoms with Gasteiger partial charge in [0.2, 0.25) is 5.91 Å². The zero-order chi connectivity index (χ0) is 21.0. The highest BCUT2D eigenvalue weighted by atomic mass is 19.2. The summed E-state index contributed by atoms with van der Waals surface area (Å²) in [5.41, 5.74) is 1.39. The summed E-state index contributed by atoms with van der Waals surface area (Å²) in [5, 5.41) is 0. The molecule has 2 aromatic rings. The maximum Gasteiger partial charge on any atom is 0.242 e. The van der Waals surface area contributed by atoms with E-state index in [1.54, 1.807) is 19.1 Å². The van der Waals surface area contributed by atoms with Gasteiger partial charge < -0.3 is 19.3 Å². The number of likely N-dealkylation sites (tertiary alicyclic amines) is 1. The van der Waals surface area contributed by atoms with Crippen molar-refractivity contribution in [2.24, 2.45) is 0 Å².